The number of hydrogen-bond donors (Lipinski definition) is 1. The standard InChI is InChI=1S/C19H19N/c1-14(20)19-17(13-15-7-3-2-4-8-15)12-11-16-9-5-6-10-18(16)19/h2-12,14H,13,20H2,1H3. The fraction of sp³-hybridized carbons (Fsp3) is 0.158. The van der Waals surface area contributed by atoms with Crippen molar-refractivity contribution in [1.82, 2.24) is 0 Å². The maximum Gasteiger partial charge on any atom is 0.0275 e. The summed E-state index contributed by atoms with van der Waals surface area (Å²) in [5.41, 5.74) is 10.2. The smallest absolute Gasteiger partial charge is 0.0275 e. The summed E-state index contributed by atoms with van der Waals surface area (Å²) in [5, 5.41) is 2.53. The average Bonchev–Trinajstić information content (AvgIpc) is 2.47. The van der Waals surface area contributed by atoms with Crippen molar-refractivity contribution in [2.45, 2.75) is 19.4 Å². The second kappa shape index (κ2) is 5.48. The number of fused-ring (bicyclic) bond motifs is 1. The van der Waals surface area contributed by atoms with Crippen LogP contribution in [0.4, 0.5) is 0 Å². The zero-order chi connectivity index (χ0) is 13.9. The van der Waals surface area contributed by atoms with Gasteiger partial charge in [0.15, 0.2) is 0 Å². The van der Waals surface area contributed by atoms with E-state index in [9.17, 15) is 0 Å². The van der Waals surface area contributed by atoms with E-state index in [2.05, 4.69) is 73.7 Å². The molecule has 20 heavy (non-hydrogen) atoms. The van der Waals surface area contributed by atoms with E-state index in [1.807, 2.05) is 0 Å². The minimum atomic E-state index is 0.0415. The van der Waals surface area contributed by atoms with Gasteiger partial charge < -0.3 is 5.73 Å². The summed E-state index contributed by atoms with van der Waals surface area (Å²) in [6.07, 6.45) is 0.933. The molecule has 0 aliphatic heterocycles. The third-order valence-corrected chi connectivity index (χ3v) is 3.75. The second-order valence-corrected chi connectivity index (χ2v) is 5.31. The van der Waals surface area contributed by atoms with Gasteiger partial charge in [0.05, 0.1) is 0 Å². The highest BCUT2D eigenvalue weighted by atomic mass is 14.6. The molecule has 0 amide bonds. The van der Waals surface area contributed by atoms with E-state index in [1.54, 1.807) is 0 Å². The molecule has 3 aromatic carbocycles. The molecule has 0 aliphatic rings. The van der Waals surface area contributed by atoms with Gasteiger partial charge in [-0.3, -0.25) is 0 Å². The lowest BCUT2D eigenvalue weighted by molar-refractivity contribution is 0.813. The maximum absolute atomic E-state index is 6.23. The fourth-order valence-electron chi connectivity index (χ4n) is 2.85. The van der Waals surface area contributed by atoms with Crippen molar-refractivity contribution >= 4 is 10.8 Å². The molecule has 0 spiro atoms. The van der Waals surface area contributed by atoms with E-state index in [0.717, 1.165) is 6.42 Å². The topological polar surface area (TPSA) is 26.0 Å². The van der Waals surface area contributed by atoms with Gasteiger partial charge in [0, 0.05) is 6.04 Å². The van der Waals surface area contributed by atoms with Crippen LogP contribution in [0.1, 0.15) is 29.7 Å². The largest absolute Gasteiger partial charge is 0.324 e. The van der Waals surface area contributed by atoms with Crippen molar-refractivity contribution in [3.05, 3.63) is 83.4 Å². The summed E-state index contributed by atoms with van der Waals surface area (Å²) >= 11 is 0. The Morgan fingerprint density at radius 2 is 1.55 bits per heavy atom. The Bertz CT molecular complexity index is 714. The van der Waals surface area contributed by atoms with Gasteiger partial charge >= 0.3 is 0 Å². The second-order valence-electron chi connectivity index (χ2n) is 5.31. The van der Waals surface area contributed by atoms with Crippen LogP contribution in [0, 0.1) is 0 Å². The Labute approximate surface area is 120 Å². The van der Waals surface area contributed by atoms with Gasteiger partial charge in [-0.05, 0) is 40.8 Å². The first-order valence-corrected chi connectivity index (χ1v) is 7.06. The van der Waals surface area contributed by atoms with Crippen LogP contribution in [-0.4, -0.2) is 0 Å². The molecule has 3 aromatic rings. The third kappa shape index (κ3) is 2.45. The highest BCUT2D eigenvalue weighted by Gasteiger charge is 2.11. The van der Waals surface area contributed by atoms with Crippen molar-refractivity contribution in [2.75, 3.05) is 0 Å². The summed E-state index contributed by atoms with van der Waals surface area (Å²) < 4.78 is 0. The Morgan fingerprint density at radius 1 is 0.850 bits per heavy atom. The van der Waals surface area contributed by atoms with Crippen LogP contribution in [0.25, 0.3) is 10.8 Å². The minimum absolute atomic E-state index is 0.0415. The molecule has 0 radical (unpaired) electrons. The molecular formula is C19H19N. The number of benzene rings is 3. The SMILES string of the molecule is CC(N)c1c(Cc2ccccc2)ccc2ccccc12. The molecule has 2 N–H and O–H groups in total. The monoisotopic (exact) mass is 261 g/mol. The number of nitrogens with two attached hydrogens (primary N) is 1. The summed E-state index contributed by atoms with van der Waals surface area (Å²) in [4.78, 5) is 0. The first kappa shape index (κ1) is 12.9. The van der Waals surface area contributed by atoms with E-state index in [-0.39, 0.29) is 6.04 Å². The lowest BCUT2D eigenvalue weighted by atomic mass is 9.91. The van der Waals surface area contributed by atoms with Crippen molar-refractivity contribution in [1.29, 1.82) is 0 Å². The molecule has 3 rings (SSSR count). The van der Waals surface area contributed by atoms with E-state index < -0.39 is 0 Å². The van der Waals surface area contributed by atoms with Gasteiger partial charge in [-0.2, -0.15) is 0 Å². The molecule has 0 aliphatic carbocycles. The third-order valence-electron chi connectivity index (χ3n) is 3.75. The Hall–Kier alpha value is -2.12. The van der Waals surface area contributed by atoms with E-state index in [1.165, 1.54) is 27.5 Å². The Kier molecular flexibility index (Phi) is 3.53. The van der Waals surface area contributed by atoms with E-state index >= 15 is 0 Å². The number of hydrogen-bond acceptors (Lipinski definition) is 1. The van der Waals surface area contributed by atoms with Gasteiger partial charge in [0.1, 0.15) is 0 Å². The van der Waals surface area contributed by atoms with Crippen molar-refractivity contribution in [2.24, 2.45) is 5.73 Å². The first-order valence-electron chi connectivity index (χ1n) is 7.06. The van der Waals surface area contributed by atoms with Crippen LogP contribution in [0.5, 0.6) is 0 Å². The molecule has 1 heteroatoms. The highest BCUT2D eigenvalue weighted by Crippen LogP contribution is 2.28. The fourth-order valence-corrected chi connectivity index (χ4v) is 2.85. The van der Waals surface area contributed by atoms with Crippen LogP contribution in [-0.2, 0) is 6.42 Å². The Balaban J connectivity index is 2.13. The zero-order valence-corrected chi connectivity index (χ0v) is 11.7. The normalized spacial score (nSPS) is 12.5. The van der Waals surface area contributed by atoms with E-state index in [0.29, 0.717) is 0 Å². The average molecular weight is 261 g/mol. The minimum Gasteiger partial charge on any atom is -0.324 e. The van der Waals surface area contributed by atoms with Gasteiger partial charge in [0.25, 0.3) is 0 Å². The molecule has 0 saturated heterocycles. The zero-order valence-electron chi connectivity index (χ0n) is 11.7. The quantitative estimate of drug-likeness (QED) is 0.740. The summed E-state index contributed by atoms with van der Waals surface area (Å²) in [7, 11) is 0. The predicted octanol–water partition coefficient (Wildman–Crippen LogP) is 4.45. The summed E-state index contributed by atoms with van der Waals surface area (Å²) in [5.74, 6) is 0. The molecule has 1 atom stereocenters. The molecule has 0 bridgehead atoms. The molecule has 0 fully saturated rings. The molecule has 1 nitrogen and oxygen atoms in total. The van der Waals surface area contributed by atoms with Gasteiger partial charge in [0.2, 0.25) is 0 Å². The van der Waals surface area contributed by atoms with Crippen LogP contribution in [0.3, 0.4) is 0 Å². The predicted molar refractivity (Wildman–Crippen MR) is 85.8 cm³/mol. The lowest BCUT2D eigenvalue weighted by Gasteiger charge is -2.16. The molecule has 1 unspecified atom stereocenters. The first-order chi connectivity index (χ1) is 9.75. The summed E-state index contributed by atoms with van der Waals surface area (Å²) in [6, 6.07) is 23.5. The maximum atomic E-state index is 6.23. The molecule has 0 aromatic heterocycles. The summed E-state index contributed by atoms with van der Waals surface area (Å²) in [6.45, 7) is 2.07. The highest BCUT2D eigenvalue weighted by molar-refractivity contribution is 5.87. The van der Waals surface area contributed by atoms with Gasteiger partial charge in [-0.15, -0.1) is 0 Å². The number of rotatable bonds is 3. The van der Waals surface area contributed by atoms with Crippen molar-refractivity contribution in [3.63, 3.8) is 0 Å². The molecule has 0 saturated carbocycles. The lowest BCUT2D eigenvalue weighted by Crippen LogP contribution is -2.09. The molecule has 100 valence electrons. The van der Waals surface area contributed by atoms with Crippen molar-refractivity contribution in [3.8, 4) is 0 Å². The van der Waals surface area contributed by atoms with Crippen LogP contribution in [0.2, 0.25) is 0 Å². The Morgan fingerprint density at radius 3 is 2.30 bits per heavy atom. The van der Waals surface area contributed by atoms with E-state index in [4.69, 9.17) is 5.73 Å². The van der Waals surface area contributed by atoms with Gasteiger partial charge in [-0.25, -0.2) is 0 Å². The molecular weight excluding hydrogens is 242 g/mol. The van der Waals surface area contributed by atoms with Crippen LogP contribution in [0.15, 0.2) is 66.7 Å². The van der Waals surface area contributed by atoms with Crippen molar-refractivity contribution < 1.29 is 0 Å². The van der Waals surface area contributed by atoms with Crippen LogP contribution < -0.4 is 5.73 Å². The van der Waals surface area contributed by atoms with Gasteiger partial charge in [-0.1, -0.05) is 66.7 Å². The van der Waals surface area contributed by atoms with Crippen LogP contribution >= 0.6 is 0 Å². The molecule has 0 heterocycles.